The van der Waals surface area contributed by atoms with Crippen molar-refractivity contribution in [1.82, 2.24) is 4.90 Å². The monoisotopic (exact) mass is 256 g/mol. The predicted molar refractivity (Wildman–Crippen MR) is 77.8 cm³/mol. The van der Waals surface area contributed by atoms with E-state index in [-0.39, 0.29) is 0 Å². The Morgan fingerprint density at radius 3 is 2.39 bits per heavy atom. The van der Waals surface area contributed by atoms with Gasteiger partial charge in [0.1, 0.15) is 0 Å². The van der Waals surface area contributed by atoms with Crippen LogP contribution in [0.15, 0.2) is 0 Å². The molecule has 1 heterocycles. The number of piperidine rings is 1. The van der Waals surface area contributed by atoms with Crippen molar-refractivity contribution < 1.29 is 4.74 Å². The zero-order valence-corrected chi connectivity index (χ0v) is 12.5. The van der Waals surface area contributed by atoms with Crippen LogP contribution in [-0.2, 0) is 4.74 Å². The molecule has 0 bridgehead atoms. The molecule has 1 atom stereocenters. The Morgan fingerprint density at radius 2 is 1.83 bits per heavy atom. The molecule has 0 aliphatic carbocycles. The molecule has 2 N–H and O–H groups in total. The first-order valence-electron chi connectivity index (χ1n) is 7.69. The van der Waals surface area contributed by atoms with E-state index >= 15 is 0 Å². The second-order valence-electron chi connectivity index (χ2n) is 6.07. The van der Waals surface area contributed by atoms with Gasteiger partial charge in [-0.25, -0.2) is 0 Å². The van der Waals surface area contributed by atoms with Gasteiger partial charge < -0.3 is 15.4 Å². The number of hydrogen-bond donors (Lipinski definition) is 1. The standard InChI is InChI=1S/C15H32N2O/c1-13(2)5-6-14(3)17-10-7-15(8-11-17)18-12-4-9-16/h13-15H,4-12,16H2,1-3H3. The first-order valence-corrected chi connectivity index (χ1v) is 7.69. The van der Waals surface area contributed by atoms with Crippen molar-refractivity contribution in [2.45, 2.75) is 65.0 Å². The van der Waals surface area contributed by atoms with Crippen LogP contribution in [0.5, 0.6) is 0 Å². The van der Waals surface area contributed by atoms with Gasteiger partial charge in [0.05, 0.1) is 6.10 Å². The van der Waals surface area contributed by atoms with Crippen LogP contribution in [0.3, 0.4) is 0 Å². The van der Waals surface area contributed by atoms with Crippen molar-refractivity contribution in [1.29, 1.82) is 0 Å². The summed E-state index contributed by atoms with van der Waals surface area (Å²) in [5.41, 5.74) is 5.48. The van der Waals surface area contributed by atoms with Crippen molar-refractivity contribution in [3.05, 3.63) is 0 Å². The molecule has 108 valence electrons. The van der Waals surface area contributed by atoms with Gasteiger partial charge >= 0.3 is 0 Å². The summed E-state index contributed by atoms with van der Waals surface area (Å²) in [6.07, 6.45) is 6.52. The van der Waals surface area contributed by atoms with Crippen LogP contribution in [0.2, 0.25) is 0 Å². The Labute approximate surface area is 113 Å². The Kier molecular flexibility index (Phi) is 7.87. The van der Waals surface area contributed by atoms with E-state index in [1.807, 2.05) is 0 Å². The molecular formula is C15H32N2O. The van der Waals surface area contributed by atoms with Crippen LogP contribution in [0, 0.1) is 5.92 Å². The fraction of sp³-hybridized carbons (Fsp3) is 1.00. The predicted octanol–water partition coefficient (Wildman–Crippen LogP) is 2.64. The summed E-state index contributed by atoms with van der Waals surface area (Å²) < 4.78 is 5.84. The quantitative estimate of drug-likeness (QED) is 0.679. The summed E-state index contributed by atoms with van der Waals surface area (Å²) in [6, 6.07) is 0.734. The molecule has 3 nitrogen and oxygen atoms in total. The van der Waals surface area contributed by atoms with E-state index in [0.717, 1.165) is 31.5 Å². The normalized spacial score (nSPS) is 20.5. The van der Waals surface area contributed by atoms with Crippen molar-refractivity contribution in [2.24, 2.45) is 11.7 Å². The van der Waals surface area contributed by atoms with Crippen LogP contribution in [0.1, 0.15) is 52.9 Å². The summed E-state index contributed by atoms with van der Waals surface area (Å²) in [7, 11) is 0. The molecule has 18 heavy (non-hydrogen) atoms. The van der Waals surface area contributed by atoms with Gasteiger partial charge in [-0.1, -0.05) is 13.8 Å². The summed E-state index contributed by atoms with van der Waals surface area (Å²) in [5.74, 6) is 0.824. The summed E-state index contributed by atoms with van der Waals surface area (Å²) in [4.78, 5) is 2.63. The maximum absolute atomic E-state index is 5.84. The van der Waals surface area contributed by atoms with E-state index in [1.54, 1.807) is 0 Å². The zero-order valence-electron chi connectivity index (χ0n) is 12.5. The van der Waals surface area contributed by atoms with Crippen molar-refractivity contribution in [3.8, 4) is 0 Å². The highest BCUT2D eigenvalue weighted by molar-refractivity contribution is 4.77. The number of likely N-dealkylation sites (tertiary alicyclic amines) is 1. The lowest BCUT2D eigenvalue weighted by Crippen LogP contribution is -2.42. The third-order valence-electron chi connectivity index (χ3n) is 3.96. The van der Waals surface area contributed by atoms with E-state index in [2.05, 4.69) is 25.7 Å². The number of rotatable bonds is 8. The van der Waals surface area contributed by atoms with Gasteiger partial charge in [-0.15, -0.1) is 0 Å². The minimum absolute atomic E-state index is 0.477. The molecule has 3 heteroatoms. The van der Waals surface area contributed by atoms with Crippen LogP contribution < -0.4 is 5.73 Å². The number of nitrogens with zero attached hydrogens (tertiary/aromatic N) is 1. The fourth-order valence-corrected chi connectivity index (χ4v) is 2.57. The highest BCUT2D eigenvalue weighted by Gasteiger charge is 2.22. The van der Waals surface area contributed by atoms with Crippen LogP contribution in [0.4, 0.5) is 0 Å². The molecule has 0 radical (unpaired) electrons. The lowest BCUT2D eigenvalue weighted by atomic mass is 10.0. The average molecular weight is 256 g/mol. The molecular weight excluding hydrogens is 224 g/mol. The molecule has 1 aliphatic rings. The van der Waals surface area contributed by atoms with Gasteiger partial charge in [0, 0.05) is 25.7 Å². The highest BCUT2D eigenvalue weighted by atomic mass is 16.5. The maximum Gasteiger partial charge on any atom is 0.0599 e. The topological polar surface area (TPSA) is 38.5 Å². The van der Waals surface area contributed by atoms with Crippen LogP contribution in [-0.4, -0.2) is 43.3 Å². The summed E-state index contributed by atoms with van der Waals surface area (Å²) in [5, 5.41) is 0. The maximum atomic E-state index is 5.84. The minimum Gasteiger partial charge on any atom is -0.378 e. The molecule has 1 unspecified atom stereocenters. The van der Waals surface area contributed by atoms with E-state index in [9.17, 15) is 0 Å². The third kappa shape index (κ3) is 6.17. The van der Waals surface area contributed by atoms with Crippen molar-refractivity contribution >= 4 is 0 Å². The Balaban J connectivity index is 2.14. The Hall–Kier alpha value is -0.120. The van der Waals surface area contributed by atoms with E-state index < -0.39 is 0 Å². The molecule has 1 fully saturated rings. The third-order valence-corrected chi connectivity index (χ3v) is 3.96. The molecule has 0 aromatic rings. The molecule has 1 saturated heterocycles. The molecule has 0 aromatic carbocycles. The van der Waals surface area contributed by atoms with Gasteiger partial charge in [0.2, 0.25) is 0 Å². The smallest absolute Gasteiger partial charge is 0.0599 e. The Morgan fingerprint density at radius 1 is 1.17 bits per heavy atom. The molecule has 0 spiro atoms. The molecule has 0 aromatic heterocycles. The SMILES string of the molecule is CC(C)CCC(C)N1CCC(OCCCN)CC1. The largest absolute Gasteiger partial charge is 0.378 e. The summed E-state index contributed by atoms with van der Waals surface area (Å²) in [6.45, 7) is 11.0. The van der Waals surface area contributed by atoms with E-state index in [0.29, 0.717) is 6.10 Å². The lowest BCUT2D eigenvalue weighted by Gasteiger charge is -2.36. The van der Waals surface area contributed by atoms with Crippen molar-refractivity contribution in [2.75, 3.05) is 26.2 Å². The molecule has 0 saturated carbocycles. The van der Waals surface area contributed by atoms with Gasteiger partial charge in [-0.05, 0) is 51.5 Å². The van der Waals surface area contributed by atoms with Gasteiger partial charge in [0.25, 0.3) is 0 Å². The van der Waals surface area contributed by atoms with Gasteiger partial charge in [-0.2, -0.15) is 0 Å². The minimum atomic E-state index is 0.477. The summed E-state index contributed by atoms with van der Waals surface area (Å²) >= 11 is 0. The van der Waals surface area contributed by atoms with Crippen LogP contribution in [0.25, 0.3) is 0 Å². The fourth-order valence-electron chi connectivity index (χ4n) is 2.57. The van der Waals surface area contributed by atoms with Gasteiger partial charge in [0.15, 0.2) is 0 Å². The second kappa shape index (κ2) is 8.89. The first kappa shape index (κ1) is 15.9. The number of ether oxygens (including phenoxy) is 1. The first-order chi connectivity index (χ1) is 8.63. The second-order valence-corrected chi connectivity index (χ2v) is 6.07. The van der Waals surface area contributed by atoms with Crippen molar-refractivity contribution in [3.63, 3.8) is 0 Å². The van der Waals surface area contributed by atoms with E-state index in [1.165, 1.54) is 38.8 Å². The molecule has 1 aliphatic heterocycles. The highest BCUT2D eigenvalue weighted by Crippen LogP contribution is 2.19. The molecule has 0 amide bonds. The zero-order chi connectivity index (χ0) is 13.4. The van der Waals surface area contributed by atoms with Crippen LogP contribution >= 0.6 is 0 Å². The van der Waals surface area contributed by atoms with Gasteiger partial charge in [-0.3, -0.25) is 0 Å². The lowest BCUT2D eigenvalue weighted by molar-refractivity contribution is -0.00164. The Bertz CT molecular complexity index is 201. The molecule has 1 rings (SSSR count). The number of nitrogens with two attached hydrogens (primary N) is 1. The van der Waals surface area contributed by atoms with E-state index in [4.69, 9.17) is 10.5 Å². The number of hydrogen-bond acceptors (Lipinski definition) is 3. The average Bonchev–Trinajstić information content (AvgIpc) is 2.37.